The number of benzene rings is 1. The molecule has 3 rings (SSSR count). The van der Waals surface area contributed by atoms with Gasteiger partial charge in [0.1, 0.15) is 30.4 Å². The normalized spacial score (nSPS) is 22.0. The van der Waals surface area contributed by atoms with Gasteiger partial charge in [-0.2, -0.15) is 4.98 Å². The second-order valence-corrected chi connectivity index (χ2v) is 11.3. The van der Waals surface area contributed by atoms with Gasteiger partial charge in [0.05, 0.1) is 12.7 Å². The molecule has 1 aliphatic rings. The molecule has 0 saturated carbocycles. The largest absolute Gasteiger partial charge is 0.379 e. The smallest absolute Gasteiger partial charge is 0.351 e. The van der Waals surface area contributed by atoms with Gasteiger partial charge in [-0.25, -0.2) is 4.79 Å². The van der Waals surface area contributed by atoms with E-state index in [9.17, 15) is 9.59 Å². The molecule has 44 heavy (non-hydrogen) atoms. The fourth-order valence-electron chi connectivity index (χ4n) is 5.00. The molecule has 2 aromatic rings. The van der Waals surface area contributed by atoms with E-state index in [0.717, 1.165) is 51.4 Å². The van der Waals surface area contributed by atoms with Crippen LogP contribution in [0.15, 0.2) is 47.4 Å². The summed E-state index contributed by atoms with van der Waals surface area (Å²) >= 11 is 0. The second-order valence-electron chi connectivity index (χ2n) is 11.3. The molecular weight excluding hydrogens is 562 g/mol. The molecule has 0 radical (unpaired) electrons. The van der Waals surface area contributed by atoms with E-state index in [-0.39, 0.29) is 17.8 Å². The summed E-state index contributed by atoms with van der Waals surface area (Å²) in [6, 6.07) is 10.4. The Bertz CT molecular complexity index is 1130. The number of rotatable bonds is 20. The SMILES string of the molecule is CCCCOC[C@H]1O[C@@H](n2ccc(NC(=O)c3ccccc3)nc2=O)C[C@H](OCCCC)[C@H](OCCCC)[C@@H]1OCCCC. The zero-order valence-corrected chi connectivity index (χ0v) is 27.1. The summed E-state index contributed by atoms with van der Waals surface area (Å²) in [5.41, 5.74) is -0.0561. The molecule has 1 aromatic carbocycles. The number of hydrogen-bond acceptors (Lipinski definition) is 8. The third-order valence-corrected chi connectivity index (χ3v) is 7.61. The van der Waals surface area contributed by atoms with Gasteiger partial charge in [-0.3, -0.25) is 9.36 Å². The van der Waals surface area contributed by atoms with Crippen molar-refractivity contribution in [3.05, 3.63) is 58.6 Å². The van der Waals surface area contributed by atoms with E-state index in [0.29, 0.717) is 45.0 Å². The minimum Gasteiger partial charge on any atom is -0.379 e. The number of aromatic nitrogens is 2. The molecule has 1 N–H and O–H groups in total. The monoisotopic (exact) mass is 615 g/mol. The first kappa shape index (κ1) is 35.8. The number of amides is 1. The number of nitrogens with zero attached hydrogens (tertiary/aromatic N) is 2. The van der Waals surface area contributed by atoms with E-state index >= 15 is 0 Å². The summed E-state index contributed by atoms with van der Waals surface area (Å²) in [5.74, 6) is -0.167. The summed E-state index contributed by atoms with van der Waals surface area (Å²) in [6.45, 7) is 11.1. The van der Waals surface area contributed by atoms with Crippen LogP contribution < -0.4 is 11.0 Å². The number of nitrogens with one attached hydrogen (secondary N) is 1. The maximum Gasteiger partial charge on any atom is 0.351 e. The lowest BCUT2D eigenvalue weighted by atomic mass is 10.0. The number of carbonyl (C=O) groups is 1. The van der Waals surface area contributed by atoms with E-state index in [2.05, 4.69) is 38.0 Å². The van der Waals surface area contributed by atoms with Crippen molar-refractivity contribution in [2.24, 2.45) is 0 Å². The van der Waals surface area contributed by atoms with E-state index in [4.69, 9.17) is 23.7 Å². The van der Waals surface area contributed by atoms with Crippen molar-refractivity contribution in [3.8, 4) is 0 Å². The highest BCUT2D eigenvalue weighted by Crippen LogP contribution is 2.32. The van der Waals surface area contributed by atoms with Crippen LogP contribution in [0.2, 0.25) is 0 Å². The van der Waals surface area contributed by atoms with Crippen molar-refractivity contribution >= 4 is 11.7 Å². The fourth-order valence-corrected chi connectivity index (χ4v) is 5.00. The van der Waals surface area contributed by atoms with Crippen LogP contribution in [0.25, 0.3) is 0 Å². The average Bonchev–Trinajstić information content (AvgIpc) is 3.17. The van der Waals surface area contributed by atoms with Crippen LogP contribution in [0.5, 0.6) is 0 Å². The van der Waals surface area contributed by atoms with Crippen LogP contribution in [0, 0.1) is 0 Å². The number of hydrogen-bond donors (Lipinski definition) is 1. The van der Waals surface area contributed by atoms with Gasteiger partial charge in [-0.05, 0) is 43.9 Å². The fraction of sp³-hybridized carbons (Fsp3) is 0.676. The minimum atomic E-state index is -0.697. The van der Waals surface area contributed by atoms with E-state index in [1.807, 2.05) is 6.07 Å². The van der Waals surface area contributed by atoms with Gasteiger partial charge >= 0.3 is 5.69 Å². The van der Waals surface area contributed by atoms with Crippen LogP contribution in [0.3, 0.4) is 0 Å². The number of unbranched alkanes of at least 4 members (excludes halogenated alkanes) is 4. The molecule has 5 atom stereocenters. The van der Waals surface area contributed by atoms with Crippen LogP contribution in [0.4, 0.5) is 5.82 Å². The highest BCUT2D eigenvalue weighted by molar-refractivity contribution is 6.03. The molecule has 1 fully saturated rings. The Labute approximate surface area is 262 Å². The zero-order chi connectivity index (χ0) is 31.6. The van der Waals surface area contributed by atoms with E-state index < -0.39 is 30.2 Å². The molecule has 0 bridgehead atoms. The first-order valence-corrected chi connectivity index (χ1v) is 16.6. The van der Waals surface area contributed by atoms with Gasteiger partial charge < -0.3 is 29.0 Å². The third kappa shape index (κ3) is 11.4. The first-order chi connectivity index (χ1) is 21.5. The molecule has 1 saturated heterocycles. The van der Waals surface area contributed by atoms with Crippen molar-refractivity contribution in [1.82, 2.24) is 9.55 Å². The molecule has 1 aromatic heterocycles. The van der Waals surface area contributed by atoms with Crippen LogP contribution in [0.1, 0.15) is 102 Å². The summed E-state index contributed by atoms with van der Waals surface area (Å²) in [7, 11) is 0. The van der Waals surface area contributed by atoms with Crippen molar-refractivity contribution < 1.29 is 28.5 Å². The molecule has 246 valence electrons. The zero-order valence-electron chi connectivity index (χ0n) is 27.1. The second kappa shape index (κ2) is 20.4. The van der Waals surface area contributed by atoms with Gasteiger partial charge in [0.15, 0.2) is 0 Å². The molecule has 10 nitrogen and oxygen atoms in total. The molecule has 1 amide bonds. The first-order valence-electron chi connectivity index (χ1n) is 16.6. The molecule has 10 heteroatoms. The number of carbonyl (C=O) groups excluding carboxylic acids is 1. The lowest BCUT2D eigenvalue weighted by Gasteiger charge is -2.34. The quantitative estimate of drug-likeness (QED) is 0.177. The van der Waals surface area contributed by atoms with E-state index in [1.54, 1.807) is 36.5 Å². The summed E-state index contributed by atoms with van der Waals surface area (Å²) < 4.78 is 33.8. The van der Waals surface area contributed by atoms with Gasteiger partial charge in [-0.15, -0.1) is 0 Å². The van der Waals surface area contributed by atoms with Gasteiger partial charge in [0.2, 0.25) is 0 Å². The van der Waals surface area contributed by atoms with Gasteiger partial charge in [0.25, 0.3) is 5.91 Å². The molecule has 2 heterocycles. The maximum absolute atomic E-state index is 13.4. The van der Waals surface area contributed by atoms with Gasteiger partial charge in [-0.1, -0.05) is 71.6 Å². The maximum atomic E-state index is 13.4. The Balaban J connectivity index is 1.93. The van der Waals surface area contributed by atoms with Crippen LogP contribution >= 0.6 is 0 Å². The molecule has 0 aliphatic carbocycles. The lowest BCUT2D eigenvalue weighted by Crippen LogP contribution is -2.49. The van der Waals surface area contributed by atoms with Crippen molar-refractivity contribution in [2.75, 3.05) is 38.4 Å². The lowest BCUT2D eigenvalue weighted by molar-refractivity contribution is -0.176. The average molecular weight is 616 g/mol. The minimum absolute atomic E-state index is 0.172. The highest BCUT2D eigenvalue weighted by Gasteiger charge is 2.44. The Morgan fingerprint density at radius 2 is 1.48 bits per heavy atom. The predicted octanol–water partition coefficient (Wildman–Crippen LogP) is 6.16. The third-order valence-electron chi connectivity index (χ3n) is 7.61. The summed E-state index contributed by atoms with van der Waals surface area (Å²) in [6.07, 6.45) is 7.29. The molecular formula is C34H53N3O7. The topological polar surface area (TPSA) is 110 Å². The Morgan fingerprint density at radius 3 is 2.11 bits per heavy atom. The van der Waals surface area contributed by atoms with Crippen LogP contribution in [-0.2, 0) is 23.7 Å². The Kier molecular flexibility index (Phi) is 16.6. The Hall–Kier alpha value is -2.63. The van der Waals surface area contributed by atoms with Crippen molar-refractivity contribution in [2.45, 2.75) is 116 Å². The molecule has 0 unspecified atom stereocenters. The van der Waals surface area contributed by atoms with Crippen molar-refractivity contribution in [3.63, 3.8) is 0 Å². The van der Waals surface area contributed by atoms with Gasteiger partial charge in [0, 0.05) is 44.6 Å². The van der Waals surface area contributed by atoms with E-state index in [1.165, 1.54) is 4.57 Å². The molecule has 0 spiro atoms. The predicted molar refractivity (Wildman–Crippen MR) is 171 cm³/mol. The van der Waals surface area contributed by atoms with Crippen molar-refractivity contribution in [1.29, 1.82) is 0 Å². The summed E-state index contributed by atoms with van der Waals surface area (Å²) in [4.78, 5) is 30.3. The number of ether oxygens (including phenoxy) is 5. The van der Waals surface area contributed by atoms with Crippen LogP contribution in [-0.4, -0.2) is 72.9 Å². The standard InChI is InChI=1S/C34H53N3O7/c1-5-9-20-40-25-28-32(43-23-12-8-4)31(42-22-11-7-3)27(41-21-10-6-2)24-30(44-28)37-19-18-29(36-34(37)39)35-33(38)26-16-14-13-15-17-26/h13-19,27-28,30-32H,5-12,20-25H2,1-4H3,(H,35,36,38,39)/t27-,28+,30+,31-,32+/m0/s1. The summed E-state index contributed by atoms with van der Waals surface area (Å²) in [5, 5.41) is 2.72. The Morgan fingerprint density at radius 1 is 0.864 bits per heavy atom. The highest BCUT2D eigenvalue weighted by atomic mass is 16.6. The molecule has 1 aliphatic heterocycles. The number of anilines is 1.